The van der Waals surface area contributed by atoms with Crippen molar-refractivity contribution in [1.29, 1.82) is 0 Å². The summed E-state index contributed by atoms with van der Waals surface area (Å²) in [6.45, 7) is 1.80. The number of aryl methyl sites for hydroxylation is 1. The number of aliphatic hydroxyl groups is 1. The summed E-state index contributed by atoms with van der Waals surface area (Å²) >= 11 is 0. The lowest BCUT2D eigenvalue weighted by Gasteiger charge is -2.04. The predicted octanol–water partition coefficient (Wildman–Crippen LogP) is 3.38. The van der Waals surface area contributed by atoms with Crippen LogP contribution in [-0.4, -0.2) is 9.67 Å². The summed E-state index contributed by atoms with van der Waals surface area (Å²) in [6.07, 6.45) is -0.418. The highest BCUT2D eigenvalue weighted by molar-refractivity contribution is 6.08. The van der Waals surface area contributed by atoms with Gasteiger partial charge in [0.1, 0.15) is 0 Å². The Hall–Kier alpha value is -1.80. The van der Waals surface area contributed by atoms with Gasteiger partial charge in [-0.2, -0.15) is 0 Å². The topological polar surface area (TPSA) is 25.2 Å². The highest BCUT2D eigenvalue weighted by Gasteiger charge is 2.09. The van der Waals surface area contributed by atoms with E-state index in [-0.39, 0.29) is 0 Å². The van der Waals surface area contributed by atoms with E-state index in [4.69, 9.17) is 0 Å². The van der Waals surface area contributed by atoms with Crippen LogP contribution in [0.25, 0.3) is 21.8 Å². The predicted molar refractivity (Wildman–Crippen MR) is 71.1 cm³/mol. The highest BCUT2D eigenvalue weighted by atomic mass is 16.3. The molecule has 17 heavy (non-hydrogen) atoms. The maximum atomic E-state index is 9.66. The third kappa shape index (κ3) is 1.45. The van der Waals surface area contributed by atoms with E-state index >= 15 is 0 Å². The standard InChI is InChI=1S/C15H15NO/c1-10(17)11-7-8-15-13(9-11)12-5-3-4-6-14(12)16(15)2/h3-10,17H,1-2H3/t10-/m1/s1. The number of benzene rings is 2. The monoisotopic (exact) mass is 225 g/mol. The first-order valence-corrected chi connectivity index (χ1v) is 5.83. The molecule has 0 bridgehead atoms. The summed E-state index contributed by atoms with van der Waals surface area (Å²) in [6, 6.07) is 14.5. The van der Waals surface area contributed by atoms with E-state index in [9.17, 15) is 5.11 Å². The zero-order valence-electron chi connectivity index (χ0n) is 10.0. The van der Waals surface area contributed by atoms with Crippen LogP contribution in [0.15, 0.2) is 42.5 Å². The molecule has 2 aromatic carbocycles. The maximum absolute atomic E-state index is 9.66. The second kappa shape index (κ2) is 3.60. The zero-order chi connectivity index (χ0) is 12.0. The number of aliphatic hydroxyl groups excluding tert-OH is 1. The van der Waals surface area contributed by atoms with Crippen molar-refractivity contribution in [3.05, 3.63) is 48.0 Å². The molecule has 0 aliphatic carbocycles. The van der Waals surface area contributed by atoms with Crippen LogP contribution >= 0.6 is 0 Å². The Balaban J connectivity index is 2.46. The summed E-state index contributed by atoms with van der Waals surface area (Å²) in [7, 11) is 2.08. The quantitative estimate of drug-likeness (QED) is 0.674. The molecule has 0 amide bonds. The fourth-order valence-electron chi connectivity index (χ4n) is 2.45. The molecule has 0 saturated heterocycles. The molecule has 0 radical (unpaired) electrons. The van der Waals surface area contributed by atoms with Crippen molar-refractivity contribution < 1.29 is 5.11 Å². The molecule has 3 rings (SSSR count). The molecule has 0 saturated carbocycles. The normalized spacial score (nSPS) is 13.4. The van der Waals surface area contributed by atoms with Gasteiger partial charge in [-0.25, -0.2) is 0 Å². The average Bonchev–Trinajstić information content (AvgIpc) is 2.64. The van der Waals surface area contributed by atoms with Crippen molar-refractivity contribution in [3.8, 4) is 0 Å². The Morgan fingerprint density at radius 3 is 2.47 bits per heavy atom. The first-order chi connectivity index (χ1) is 8.18. The third-order valence-corrected chi connectivity index (χ3v) is 3.42. The number of aromatic nitrogens is 1. The van der Waals surface area contributed by atoms with Crippen LogP contribution < -0.4 is 0 Å². The third-order valence-electron chi connectivity index (χ3n) is 3.42. The van der Waals surface area contributed by atoms with Crippen molar-refractivity contribution in [2.45, 2.75) is 13.0 Å². The number of para-hydroxylation sites is 1. The Kier molecular flexibility index (Phi) is 2.20. The Morgan fingerprint density at radius 1 is 1.00 bits per heavy atom. The minimum atomic E-state index is -0.418. The van der Waals surface area contributed by atoms with Crippen molar-refractivity contribution in [3.63, 3.8) is 0 Å². The largest absolute Gasteiger partial charge is 0.389 e. The van der Waals surface area contributed by atoms with Gasteiger partial charge in [-0.1, -0.05) is 24.3 Å². The summed E-state index contributed by atoms with van der Waals surface area (Å²) in [4.78, 5) is 0. The Bertz CT molecular complexity index is 695. The Morgan fingerprint density at radius 2 is 1.71 bits per heavy atom. The van der Waals surface area contributed by atoms with E-state index in [0.717, 1.165) is 5.56 Å². The molecule has 1 heterocycles. The minimum Gasteiger partial charge on any atom is -0.389 e. The summed E-state index contributed by atoms with van der Waals surface area (Å²) < 4.78 is 2.19. The summed E-state index contributed by atoms with van der Waals surface area (Å²) in [5, 5.41) is 12.1. The van der Waals surface area contributed by atoms with Crippen LogP contribution in [0.5, 0.6) is 0 Å². The van der Waals surface area contributed by atoms with Crippen LogP contribution in [0.1, 0.15) is 18.6 Å². The summed E-state index contributed by atoms with van der Waals surface area (Å²) in [5.41, 5.74) is 3.40. The van der Waals surface area contributed by atoms with Gasteiger partial charge in [0, 0.05) is 28.9 Å². The fourth-order valence-corrected chi connectivity index (χ4v) is 2.45. The molecule has 1 N–H and O–H groups in total. The molecule has 2 heteroatoms. The molecule has 0 aliphatic rings. The van der Waals surface area contributed by atoms with E-state index in [1.807, 2.05) is 6.07 Å². The molecule has 3 aromatic rings. The van der Waals surface area contributed by atoms with E-state index in [1.165, 1.54) is 21.8 Å². The molecule has 86 valence electrons. The van der Waals surface area contributed by atoms with Crippen molar-refractivity contribution >= 4 is 21.8 Å². The van der Waals surface area contributed by atoms with Crippen LogP contribution in [0.2, 0.25) is 0 Å². The number of hydrogen-bond donors (Lipinski definition) is 1. The lowest BCUT2D eigenvalue weighted by atomic mass is 10.1. The van der Waals surface area contributed by atoms with Crippen LogP contribution in [0, 0.1) is 0 Å². The van der Waals surface area contributed by atoms with Gasteiger partial charge < -0.3 is 9.67 Å². The van der Waals surface area contributed by atoms with Crippen LogP contribution in [-0.2, 0) is 7.05 Å². The van der Waals surface area contributed by atoms with Gasteiger partial charge in [-0.05, 0) is 30.7 Å². The van der Waals surface area contributed by atoms with Gasteiger partial charge >= 0.3 is 0 Å². The van der Waals surface area contributed by atoms with Gasteiger partial charge in [0.15, 0.2) is 0 Å². The fraction of sp³-hybridized carbons (Fsp3) is 0.200. The van der Waals surface area contributed by atoms with Crippen molar-refractivity contribution in [2.24, 2.45) is 7.05 Å². The zero-order valence-corrected chi connectivity index (χ0v) is 10.0. The van der Waals surface area contributed by atoms with Gasteiger partial charge in [0.25, 0.3) is 0 Å². The van der Waals surface area contributed by atoms with Crippen LogP contribution in [0.4, 0.5) is 0 Å². The molecular weight excluding hydrogens is 210 g/mol. The summed E-state index contributed by atoms with van der Waals surface area (Å²) in [5.74, 6) is 0. The van der Waals surface area contributed by atoms with Gasteiger partial charge in [0.05, 0.1) is 6.10 Å². The lowest BCUT2D eigenvalue weighted by molar-refractivity contribution is 0.199. The Labute approximate surface area is 100 Å². The van der Waals surface area contributed by atoms with Crippen molar-refractivity contribution in [2.75, 3.05) is 0 Å². The minimum absolute atomic E-state index is 0.418. The lowest BCUT2D eigenvalue weighted by Crippen LogP contribution is -1.91. The number of nitrogens with zero attached hydrogens (tertiary/aromatic N) is 1. The number of fused-ring (bicyclic) bond motifs is 3. The van der Waals surface area contributed by atoms with Crippen molar-refractivity contribution in [1.82, 2.24) is 4.57 Å². The van der Waals surface area contributed by atoms with E-state index in [2.05, 4.69) is 48.0 Å². The first kappa shape index (κ1) is 10.4. The van der Waals surface area contributed by atoms with Gasteiger partial charge in [-0.15, -0.1) is 0 Å². The second-order valence-electron chi connectivity index (χ2n) is 4.53. The molecule has 0 unspecified atom stereocenters. The van der Waals surface area contributed by atoms with Crippen LogP contribution in [0.3, 0.4) is 0 Å². The second-order valence-corrected chi connectivity index (χ2v) is 4.53. The first-order valence-electron chi connectivity index (χ1n) is 5.83. The maximum Gasteiger partial charge on any atom is 0.0762 e. The molecule has 0 spiro atoms. The van der Waals surface area contributed by atoms with Gasteiger partial charge in [0.2, 0.25) is 0 Å². The van der Waals surface area contributed by atoms with E-state index in [0.29, 0.717) is 0 Å². The van der Waals surface area contributed by atoms with E-state index < -0.39 is 6.10 Å². The molecule has 2 nitrogen and oxygen atoms in total. The molecule has 0 fully saturated rings. The molecule has 0 aliphatic heterocycles. The smallest absolute Gasteiger partial charge is 0.0762 e. The molecular formula is C15H15NO. The highest BCUT2D eigenvalue weighted by Crippen LogP contribution is 2.29. The van der Waals surface area contributed by atoms with Gasteiger partial charge in [-0.3, -0.25) is 0 Å². The SMILES string of the molecule is C[C@@H](O)c1ccc2c(c1)c1ccccc1n2C. The van der Waals surface area contributed by atoms with E-state index in [1.54, 1.807) is 6.92 Å². The number of hydrogen-bond acceptors (Lipinski definition) is 1. The molecule has 1 atom stereocenters. The molecule has 1 aromatic heterocycles. The number of rotatable bonds is 1. The average molecular weight is 225 g/mol.